The van der Waals surface area contributed by atoms with E-state index in [1.165, 1.54) is 6.07 Å². The second-order valence-electron chi connectivity index (χ2n) is 7.06. The molecule has 144 valence electrons. The smallest absolute Gasteiger partial charge is 0.410 e. The molecule has 0 saturated carbocycles. The van der Waals surface area contributed by atoms with Crippen molar-refractivity contribution in [2.75, 3.05) is 44.0 Å². The maximum Gasteiger partial charge on any atom is 0.410 e. The number of nitro groups is 1. The number of ether oxygens (including phenoxy) is 2. The van der Waals surface area contributed by atoms with Crippen molar-refractivity contribution in [3.8, 4) is 0 Å². The number of nitrogens with two attached hydrogens (primary N) is 1. The summed E-state index contributed by atoms with van der Waals surface area (Å²) in [6.45, 7) is 7.16. The lowest BCUT2D eigenvalue weighted by molar-refractivity contribution is -0.384. The molecule has 2 heterocycles. The van der Waals surface area contributed by atoms with Gasteiger partial charge < -0.3 is 20.1 Å². The molecule has 1 fully saturated rings. The SMILES string of the molecule is COC[C@@H]1CN(c2ccc([N+](=O)[O-])c(N)n2)CCN1C(=O)OC(C)(C)C. The Labute approximate surface area is 152 Å². The lowest BCUT2D eigenvalue weighted by Crippen LogP contribution is -2.58. The minimum atomic E-state index is -0.583. The Bertz CT molecular complexity index is 675. The molecule has 1 aromatic heterocycles. The van der Waals surface area contributed by atoms with Crippen LogP contribution in [-0.4, -0.2) is 65.9 Å². The number of aromatic nitrogens is 1. The number of rotatable bonds is 4. The van der Waals surface area contributed by atoms with Gasteiger partial charge in [0.2, 0.25) is 5.82 Å². The summed E-state index contributed by atoms with van der Waals surface area (Å²) >= 11 is 0. The number of amides is 1. The maximum atomic E-state index is 12.4. The van der Waals surface area contributed by atoms with Gasteiger partial charge in [-0.1, -0.05) is 0 Å². The number of anilines is 2. The summed E-state index contributed by atoms with van der Waals surface area (Å²) in [7, 11) is 1.56. The summed E-state index contributed by atoms with van der Waals surface area (Å²) in [5.41, 5.74) is 4.87. The van der Waals surface area contributed by atoms with Crippen LogP contribution in [0.15, 0.2) is 12.1 Å². The van der Waals surface area contributed by atoms with E-state index >= 15 is 0 Å². The van der Waals surface area contributed by atoms with Crippen LogP contribution < -0.4 is 10.6 Å². The van der Waals surface area contributed by atoms with E-state index in [1.807, 2.05) is 25.7 Å². The molecule has 1 atom stereocenters. The first kappa shape index (κ1) is 19.7. The van der Waals surface area contributed by atoms with Crippen LogP contribution in [0.5, 0.6) is 0 Å². The molecule has 26 heavy (non-hydrogen) atoms. The number of carbonyl (C=O) groups excluding carboxylic acids is 1. The number of pyridine rings is 1. The van der Waals surface area contributed by atoms with E-state index in [1.54, 1.807) is 18.1 Å². The Balaban J connectivity index is 2.15. The van der Waals surface area contributed by atoms with E-state index < -0.39 is 16.6 Å². The van der Waals surface area contributed by atoms with Gasteiger partial charge in [-0.15, -0.1) is 0 Å². The zero-order chi connectivity index (χ0) is 19.5. The predicted octanol–water partition coefficient (Wildman–Crippen LogP) is 1.64. The molecule has 2 rings (SSSR count). The van der Waals surface area contributed by atoms with Gasteiger partial charge in [-0.05, 0) is 26.8 Å². The fourth-order valence-corrected chi connectivity index (χ4v) is 2.75. The lowest BCUT2D eigenvalue weighted by atomic mass is 10.1. The molecule has 0 unspecified atom stereocenters. The van der Waals surface area contributed by atoms with Crippen LogP contribution in [0, 0.1) is 10.1 Å². The van der Waals surface area contributed by atoms with Crippen molar-refractivity contribution >= 4 is 23.4 Å². The summed E-state index contributed by atoms with van der Waals surface area (Å²) in [6.07, 6.45) is -0.393. The van der Waals surface area contributed by atoms with Crippen molar-refractivity contribution in [3.05, 3.63) is 22.2 Å². The van der Waals surface area contributed by atoms with Gasteiger partial charge in [0.05, 0.1) is 17.6 Å². The van der Waals surface area contributed by atoms with Gasteiger partial charge in [-0.25, -0.2) is 9.78 Å². The Morgan fingerprint density at radius 3 is 2.65 bits per heavy atom. The van der Waals surface area contributed by atoms with Crippen LogP contribution in [0.3, 0.4) is 0 Å². The second kappa shape index (κ2) is 7.73. The van der Waals surface area contributed by atoms with E-state index in [-0.39, 0.29) is 17.5 Å². The topological polar surface area (TPSA) is 124 Å². The molecule has 2 N–H and O–H groups in total. The van der Waals surface area contributed by atoms with Crippen molar-refractivity contribution in [3.63, 3.8) is 0 Å². The summed E-state index contributed by atoms with van der Waals surface area (Å²) in [6, 6.07) is 2.66. The zero-order valence-electron chi connectivity index (χ0n) is 15.5. The largest absolute Gasteiger partial charge is 0.444 e. The molecule has 10 nitrogen and oxygen atoms in total. The summed E-state index contributed by atoms with van der Waals surface area (Å²) in [5, 5.41) is 10.9. The van der Waals surface area contributed by atoms with Crippen LogP contribution in [0.25, 0.3) is 0 Å². The molecule has 1 saturated heterocycles. The monoisotopic (exact) mass is 367 g/mol. The quantitative estimate of drug-likeness (QED) is 0.629. The fraction of sp³-hybridized carbons (Fsp3) is 0.625. The van der Waals surface area contributed by atoms with Crippen LogP contribution in [0.4, 0.5) is 22.1 Å². The van der Waals surface area contributed by atoms with Gasteiger partial charge in [0.1, 0.15) is 11.4 Å². The summed E-state index contributed by atoms with van der Waals surface area (Å²) in [5.74, 6) is 0.392. The highest BCUT2D eigenvalue weighted by Gasteiger charge is 2.34. The van der Waals surface area contributed by atoms with Gasteiger partial charge in [0.15, 0.2) is 0 Å². The van der Waals surface area contributed by atoms with Crippen LogP contribution >= 0.6 is 0 Å². The molecular weight excluding hydrogens is 342 g/mol. The molecule has 0 bridgehead atoms. The predicted molar refractivity (Wildman–Crippen MR) is 96.1 cm³/mol. The van der Waals surface area contributed by atoms with Crippen LogP contribution in [0.1, 0.15) is 20.8 Å². The van der Waals surface area contributed by atoms with Gasteiger partial charge in [-0.2, -0.15) is 0 Å². The normalized spacial score (nSPS) is 17.9. The Kier molecular flexibility index (Phi) is 5.86. The third kappa shape index (κ3) is 4.72. The summed E-state index contributed by atoms with van der Waals surface area (Å²) < 4.78 is 10.7. The molecule has 1 aromatic rings. The molecule has 10 heteroatoms. The standard InChI is InChI=1S/C16H25N5O5/c1-16(2,3)26-15(22)20-8-7-19(9-11(20)10-25-4)13-6-5-12(21(23)24)14(17)18-13/h5-6,11H,7-10H2,1-4H3,(H2,17,18)/t11-/m0/s1. The molecule has 0 aromatic carbocycles. The van der Waals surface area contributed by atoms with Gasteiger partial charge >= 0.3 is 11.8 Å². The minimum Gasteiger partial charge on any atom is -0.444 e. The molecule has 0 aliphatic carbocycles. The Hall–Kier alpha value is -2.62. The molecule has 0 radical (unpaired) electrons. The lowest BCUT2D eigenvalue weighted by Gasteiger charge is -2.41. The zero-order valence-corrected chi connectivity index (χ0v) is 15.5. The molecule has 1 aliphatic heterocycles. The molecular formula is C16H25N5O5. The Morgan fingerprint density at radius 1 is 1.42 bits per heavy atom. The van der Waals surface area contributed by atoms with Crippen molar-refractivity contribution in [2.24, 2.45) is 0 Å². The highest BCUT2D eigenvalue weighted by Crippen LogP contribution is 2.25. The number of nitrogen functional groups attached to an aromatic ring is 1. The van der Waals surface area contributed by atoms with E-state index in [0.717, 1.165) is 0 Å². The number of hydrogen-bond acceptors (Lipinski definition) is 8. The van der Waals surface area contributed by atoms with Crippen molar-refractivity contribution < 1.29 is 19.2 Å². The molecule has 1 aliphatic rings. The maximum absolute atomic E-state index is 12.4. The van der Waals surface area contributed by atoms with E-state index in [4.69, 9.17) is 15.2 Å². The van der Waals surface area contributed by atoms with Gasteiger partial charge in [-0.3, -0.25) is 15.0 Å². The number of methoxy groups -OCH3 is 1. The first-order chi connectivity index (χ1) is 12.1. The minimum absolute atomic E-state index is 0.134. The fourth-order valence-electron chi connectivity index (χ4n) is 2.75. The summed E-state index contributed by atoms with van der Waals surface area (Å²) in [4.78, 5) is 30.4. The average molecular weight is 367 g/mol. The highest BCUT2D eigenvalue weighted by atomic mass is 16.6. The second-order valence-corrected chi connectivity index (χ2v) is 7.06. The third-order valence-electron chi connectivity index (χ3n) is 3.88. The van der Waals surface area contributed by atoms with Crippen molar-refractivity contribution in [1.29, 1.82) is 0 Å². The average Bonchev–Trinajstić information content (AvgIpc) is 2.53. The third-order valence-corrected chi connectivity index (χ3v) is 3.88. The Morgan fingerprint density at radius 2 is 2.12 bits per heavy atom. The van der Waals surface area contributed by atoms with Crippen molar-refractivity contribution in [2.45, 2.75) is 32.4 Å². The van der Waals surface area contributed by atoms with Gasteiger partial charge in [0.25, 0.3) is 0 Å². The highest BCUT2D eigenvalue weighted by molar-refractivity contribution is 5.69. The number of hydrogen-bond donors (Lipinski definition) is 1. The van der Waals surface area contributed by atoms with E-state index in [0.29, 0.717) is 32.1 Å². The first-order valence-electron chi connectivity index (χ1n) is 8.27. The van der Waals surface area contributed by atoms with Crippen LogP contribution in [-0.2, 0) is 9.47 Å². The van der Waals surface area contributed by atoms with Gasteiger partial charge in [0, 0.05) is 32.8 Å². The number of nitrogens with zero attached hydrogens (tertiary/aromatic N) is 4. The molecule has 1 amide bonds. The van der Waals surface area contributed by atoms with Crippen molar-refractivity contribution in [1.82, 2.24) is 9.88 Å². The molecule has 0 spiro atoms. The number of carbonyl (C=O) groups is 1. The number of piperazine rings is 1. The first-order valence-corrected chi connectivity index (χ1v) is 8.27. The van der Waals surface area contributed by atoms with E-state index in [2.05, 4.69) is 4.98 Å². The van der Waals surface area contributed by atoms with E-state index in [9.17, 15) is 14.9 Å². The van der Waals surface area contributed by atoms with Crippen LogP contribution in [0.2, 0.25) is 0 Å².